The molecule has 0 saturated carbocycles. The monoisotopic (exact) mass is 294 g/mol. The first-order valence-electron chi connectivity index (χ1n) is 7.99. The summed E-state index contributed by atoms with van der Waals surface area (Å²) in [5.41, 5.74) is 2.78. The fourth-order valence-electron chi connectivity index (χ4n) is 2.20. The van der Waals surface area contributed by atoms with Gasteiger partial charge < -0.3 is 14.8 Å². The van der Waals surface area contributed by atoms with Crippen LogP contribution in [0.2, 0.25) is 0 Å². The van der Waals surface area contributed by atoms with Crippen LogP contribution in [-0.2, 0) is 10.2 Å². The molecule has 0 unspecified atom stereocenters. The number of nitrogens with two attached hydrogens (primary N) is 1. The highest BCUT2D eigenvalue weighted by Gasteiger charge is 2.14. The minimum absolute atomic E-state index is 0.195. The molecular weight excluding hydrogens is 262 g/mol. The summed E-state index contributed by atoms with van der Waals surface area (Å²) in [4.78, 5) is 0. The van der Waals surface area contributed by atoms with E-state index in [0.29, 0.717) is 0 Å². The van der Waals surface area contributed by atoms with E-state index in [1.165, 1.54) is 11.1 Å². The molecule has 0 aliphatic carbocycles. The highest BCUT2D eigenvalue weighted by molar-refractivity contribution is 5.38. The van der Waals surface area contributed by atoms with Crippen LogP contribution in [0.25, 0.3) is 0 Å². The molecule has 120 valence electrons. The fourth-order valence-corrected chi connectivity index (χ4v) is 2.20. The van der Waals surface area contributed by atoms with Gasteiger partial charge >= 0.3 is 0 Å². The average Bonchev–Trinajstić information content (AvgIpc) is 2.42. The molecule has 3 heteroatoms. The molecule has 0 bridgehead atoms. The summed E-state index contributed by atoms with van der Waals surface area (Å²) in [6.07, 6.45) is 2.19. The van der Waals surface area contributed by atoms with E-state index >= 15 is 0 Å². The van der Waals surface area contributed by atoms with Crippen LogP contribution in [0.1, 0.15) is 44.7 Å². The molecule has 3 nitrogen and oxygen atoms in total. The third-order valence-electron chi connectivity index (χ3n) is 3.61. The third kappa shape index (κ3) is 6.96. The zero-order valence-electron chi connectivity index (χ0n) is 14.4. The van der Waals surface area contributed by atoms with Crippen molar-refractivity contribution >= 4 is 0 Å². The summed E-state index contributed by atoms with van der Waals surface area (Å²) >= 11 is 0. The Balaban J connectivity index is 2.27. The Kier molecular flexibility index (Phi) is 7.76. The van der Waals surface area contributed by atoms with Crippen LogP contribution in [0.5, 0.6) is 5.75 Å². The minimum Gasteiger partial charge on any atom is -0.493 e. The fraction of sp³-hybridized carbons (Fsp3) is 0.667. The lowest BCUT2D eigenvalue weighted by Gasteiger charge is -2.20. The van der Waals surface area contributed by atoms with E-state index in [2.05, 4.69) is 51.2 Å². The van der Waals surface area contributed by atoms with Gasteiger partial charge in [-0.05, 0) is 29.5 Å². The quantitative estimate of drug-likeness (QED) is 0.711. The normalized spacial score (nSPS) is 11.7. The molecule has 0 saturated heterocycles. The van der Waals surface area contributed by atoms with Crippen molar-refractivity contribution in [1.82, 2.24) is 0 Å². The van der Waals surface area contributed by atoms with E-state index in [4.69, 9.17) is 9.47 Å². The number of hydrogen-bond acceptors (Lipinski definition) is 2. The largest absolute Gasteiger partial charge is 0.493 e. The molecular formula is C18H32NO2+. The van der Waals surface area contributed by atoms with Gasteiger partial charge in [-0.2, -0.15) is 0 Å². The van der Waals surface area contributed by atoms with Crippen LogP contribution in [0, 0.1) is 6.92 Å². The standard InChI is InChI=1S/C18H31NO2/c1-15-14-16(18(2,3)4)8-9-17(15)21-13-7-11-19-10-6-12-20-5/h8-9,14,19H,6-7,10-13H2,1-5H3/p+1. The van der Waals surface area contributed by atoms with Crippen molar-refractivity contribution in [2.75, 3.05) is 33.4 Å². The van der Waals surface area contributed by atoms with Gasteiger partial charge in [-0.25, -0.2) is 0 Å². The van der Waals surface area contributed by atoms with Crippen molar-refractivity contribution in [3.8, 4) is 5.75 Å². The van der Waals surface area contributed by atoms with Crippen molar-refractivity contribution in [3.05, 3.63) is 29.3 Å². The smallest absolute Gasteiger partial charge is 0.122 e. The molecule has 1 aromatic carbocycles. The predicted octanol–water partition coefficient (Wildman–Crippen LogP) is 2.66. The molecule has 0 fully saturated rings. The van der Waals surface area contributed by atoms with Crippen LogP contribution in [0.15, 0.2) is 18.2 Å². The first kappa shape index (κ1) is 18.0. The molecule has 0 heterocycles. The van der Waals surface area contributed by atoms with Crippen LogP contribution in [-0.4, -0.2) is 33.4 Å². The van der Waals surface area contributed by atoms with Gasteiger partial charge in [-0.15, -0.1) is 0 Å². The number of ether oxygens (including phenoxy) is 2. The van der Waals surface area contributed by atoms with Gasteiger partial charge in [0.05, 0.1) is 26.3 Å². The molecule has 21 heavy (non-hydrogen) atoms. The van der Waals surface area contributed by atoms with Gasteiger partial charge in [0, 0.05) is 20.0 Å². The molecule has 0 atom stereocenters. The number of benzene rings is 1. The molecule has 1 aromatic rings. The number of methoxy groups -OCH3 is 1. The Labute approximate surface area is 130 Å². The summed E-state index contributed by atoms with van der Waals surface area (Å²) in [5, 5.41) is 2.33. The van der Waals surface area contributed by atoms with Crippen LogP contribution < -0.4 is 10.1 Å². The molecule has 0 aromatic heterocycles. The second kappa shape index (κ2) is 9.06. The Bertz CT molecular complexity index is 410. The summed E-state index contributed by atoms with van der Waals surface area (Å²) in [5.74, 6) is 1.02. The van der Waals surface area contributed by atoms with Gasteiger partial charge in [0.15, 0.2) is 0 Å². The molecule has 0 amide bonds. The number of aryl methyl sites for hydroxylation is 1. The van der Waals surface area contributed by atoms with Crippen molar-refractivity contribution in [1.29, 1.82) is 0 Å². The van der Waals surface area contributed by atoms with Gasteiger partial charge in [0.25, 0.3) is 0 Å². The van der Waals surface area contributed by atoms with Gasteiger partial charge in [-0.1, -0.05) is 32.9 Å². The van der Waals surface area contributed by atoms with Crippen molar-refractivity contribution in [2.45, 2.75) is 46.0 Å². The van der Waals surface area contributed by atoms with Crippen LogP contribution in [0.4, 0.5) is 0 Å². The Morgan fingerprint density at radius 1 is 1.05 bits per heavy atom. The zero-order valence-corrected chi connectivity index (χ0v) is 14.4. The summed E-state index contributed by atoms with van der Waals surface area (Å²) in [7, 11) is 1.75. The third-order valence-corrected chi connectivity index (χ3v) is 3.61. The maximum absolute atomic E-state index is 5.89. The van der Waals surface area contributed by atoms with E-state index < -0.39 is 0 Å². The minimum atomic E-state index is 0.195. The van der Waals surface area contributed by atoms with E-state index in [1.807, 2.05) is 0 Å². The van der Waals surface area contributed by atoms with Crippen molar-refractivity contribution in [3.63, 3.8) is 0 Å². The Hall–Kier alpha value is -1.06. The van der Waals surface area contributed by atoms with E-state index in [0.717, 1.165) is 44.9 Å². The Morgan fingerprint density at radius 3 is 2.29 bits per heavy atom. The number of quaternary nitrogens is 1. The second-order valence-electron chi connectivity index (χ2n) is 6.64. The van der Waals surface area contributed by atoms with Crippen LogP contribution >= 0.6 is 0 Å². The van der Waals surface area contributed by atoms with Crippen molar-refractivity contribution in [2.24, 2.45) is 0 Å². The molecule has 2 N–H and O–H groups in total. The van der Waals surface area contributed by atoms with Crippen LogP contribution in [0.3, 0.4) is 0 Å². The van der Waals surface area contributed by atoms with Gasteiger partial charge in [0.1, 0.15) is 5.75 Å². The molecule has 0 spiro atoms. The highest BCUT2D eigenvalue weighted by atomic mass is 16.5. The lowest BCUT2D eigenvalue weighted by atomic mass is 9.86. The van der Waals surface area contributed by atoms with E-state index in [1.54, 1.807) is 7.11 Å². The maximum atomic E-state index is 5.89. The molecule has 0 aliphatic rings. The average molecular weight is 294 g/mol. The van der Waals surface area contributed by atoms with E-state index in [-0.39, 0.29) is 5.41 Å². The summed E-state index contributed by atoms with van der Waals surface area (Å²) in [6, 6.07) is 6.53. The maximum Gasteiger partial charge on any atom is 0.122 e. The summed E-state index contributed by atoms with van der Waals surface area (Å²) in [6.45, 7) is 12.7. The van der Waals surface area contributed by atoms with E-state index in [9.17, 15) is 0 Å². The number of rotatable bonds is 9. The first-order chi connectivity index (χ1) is 9.95. The molecule has 1 rings (SSSR count). The van der Waals surface area contributed by atoms with Gasteiger partial charge in [-0.3, -0.25) is 0 Å². The highest BCUT2D eigenvalue weighted by Crippen LogP contribution is 2.27. The Morgan fingerprint density at radius 2 is 1.71 bits per heavy atom. The number of hydrogen-bond donors (Lipinski definition) is 1. The topological polar surface area (TPSA) is 35.1 Å². The van der Waals surface area contributed by atoms with Gasteiger partial charge in [0.2, 0.25) is 0 Å². The lowest BCUT2D eigenvalue weighted by Crippen LogP contribution is -2.84. The SMILES string of the molecule is COCCC[NH2+]CCCOc1ccc(C(C)(C)C)cc1C. The van der Waals surface area contributed by atoms with Crippen molar-refractivity contribution < 1.29 is 14.8 Å². The molecule has 0 aliphatic heterocycles. The summed E-state index contributed by atoms with van der Waals surface area (Å²) < 4.78 is 10.9. The predicted molar refractivity (Wildman–Crippen MR) is 88.1 cm³/mol. The first-order valence-corrected chi connectivity index (χ1v) is 7.99. The zero-order chi connectivity index (χ0) is 15.7. The molecule has 0 radical (unpaired) electrons. The lowest BCUT2D eigenvalue weighted by molar-refractivity contribution is -0.655. The second-order valence-corrected chi connectivity index (χ2v) is 6.64.